The Kier molecular flexibility index (Phi) is 4.20. The van der Waals surface area contributed by atoms with E-state index in [1.807, 2.05) is 30.3 Å². The molecule has 0 atom stereocenters. The van der Waals surface area contributed by atoms with Crippen LogP contribution >= 0.6 is 0 Å². The smallest absolute Gasteiger partial charge is 0.248 e. The lowest BCUT2D eigenvalue weighted by atomic mass is 10.2. The number of primary amides is 1. The van der Waals surface area contributed by atoms with Crippen molar-refractivity contribution in [1.82, 2.24) is 0 Å². The summed E-state index contributed by atoms with van der Waals surface area (Å²) < 4.78 is 24.2. The Balaban J connectivity index is 2.12. The van der Waals surface area contributed by atoms with Crippen LogP contribution < -0.4 is 5.73 Å². The minimum Gasteiger partial charge on any atom is -0.366 e. The van der Waals surface area contributed by atoms with Gasteiger partial charge in [-0.1, -0.05) is 30.3 Å². The highest BCUT2D eigenvalue weighted by Gasteiger charge is 2.15. The number of rotatable bonds is 5. The molecule has 0 fully saturated rings. The number of hydrogen-bond acceptors (Lipinski definition) is 3. The zero-order valence-electron chi connectivity index (χ0n) is 10.7. The topological polar surface area (TPSA) is 77.2 Å². The summed E-state index contributed by atoms with van der Waals surface area (Å²) in [4.78, 5) is 11.1. The summed E-state index contributed by atoms with van der Waals surface area (Å²) in [5.74, 6) is 0.684. The molecule has 103 valence electrons. The van der Waals surface area contributed by atoms with Gasteiger partial charge in [-0.3, -0.25) is 4.79 Å². The monoisotopic (exact) mass is 288 g/mol. The standard InChI is InChI=1S/C15H14NO3S/c16-15(17)13-6-8-14(9-7-13)20(18,19)11-10-12-4-2-1-3-5-12/h1-9,11H,10H2,(H2,16,17). The van der Waals surface area contributed by atoms with Gasteiger partial charge in [0.15, 0.2) is 9.84 Å². The molecule has 0 spiro atoms. The van der Waals surface area contributed by atoms with Gasteiger partial charge in [0.25, 0.3) is 0 Å². The molecular weight excluding hydrogens is 274 g/mol. The first-order valence-electron chi connectivity index (χ1n) is 6.01. The van der Waals surface area contributed by atoms with Gasteiger partial charge in [-0.25, -0.2) is 8.42 Å². The molecule has 0 unspecified atom stereocenters. The summed E-state index contributed by atoms with van der Waals surface area (Å²) in [5, 5.41) is 0. The summed E-state index contributed by atoms with van der Waals surface area (Å²) in [6.45, 7) is 0. The molecule has 5 heteroatoms. The molecule has 20 heavy (non-hydrogen) atoms. The van der Waals surface area contributed by atoms with Gasteiger partial charge in [-0.05, 0) is 36.2 Å². The maximum Gasteiger partial charge on any atom is 0.248 e. The minimum absolute atomic E-state index is 0.151. The van der Waals surface area contributed by atoms with Crippen molar-refractivity contribution in [2.24, 2.45) is 5.73 Å². The van der Waals surface area contributed by atoms with Gasteiger partial charge in [-0.2, -0.15) is 0 Å². The number of sulfone groups is 1. The molecule has 2 aromatic rings. The molecule has 2 N–H and O–H groups in total. The Bertz CT molecular complexity index is 692. The van der Waals surface area contributed by atoms with Crippen molar-refractivity contribution in [3.05, 3.63) is 71.5 Å². The molecular formula is C15H14NO3S. The summed E-state index contributed by atoms with van der Waals surface area (Å²) in [6, 6.07) is 14.9. The average molecular weight is 288 g/mol. The zero-order chi connectivity index (χ0) is 14.6. The van der Waals surface area contributed by atoms with E-state index >= 15 is 0 Å². The third kappa shape index (κ3) is 3.45. The van der Waals surface area contributed by atoms with Crippen molar-refractivity contribution in [2.45, 2.75) is 11.3 Å². The van der Waals surface area contributed by atoms with Gasteiger partial charge in [0.2, 0.25) is 5.91 Å². The summed E-state index contributed by atoms with van der Waals surface area (Å²) in [7, 11) is -3.48. The minimum atomic E-state index is -3.48. The van der Waals surface area contributed by atoms with Crippen molar-refractivity contribution in [3.8, 4) is 0 Å². The van der Waals surface area contributed by atoms with Crippen LogP contribution in [0.5, 0.6) is 0 Å². The molecule has 2 rings (SSSR count). The Hall–Kier alpha value is -2.14. The van der Waals surface area contributed by atoms with E-state index in [2.05, 4.69) is 0 Å². The second kappa shape index (κ2) is 5.88. The number of carbonyl (C=O) groups excluding carboxylic acids is 1. The van der Waals surface area contributed by atoms with Crippen LogP contribution in [0.1, 0.15) is 15.9 Å². The van der Waals surface area contributed by atoms with Crippen molar-refractivity contribution in [3.63, 3.8) is 0 Å². The van der Waals surface area contributed by atoms with Crippen LogP contribution in [0.25, 0.3) is 0 Å². The maximum atomic E-state index is 12.1. The van der Waals surface area contributed by atoms with Crippen LogP contribution in [0.3, 0.4) is 0 Å². The molecule has 2 aromatic carbocycles. The van der Waals surface area contributed by atoms with Crippen LogP contribution in [0.2, 0.25) is 0 Å². The number of carbonyl (C=O) groups is 1. The van der Waals surface area contributed by atoms with Crippen molar-refractivity contribution in [1.29, 1.82) is 0 Å². The van der Waals surface area contributed by atoms with E-state index in [4.69, 9.17) is 5.73 Å². The number of hydrogen-bond donors (Lipinski definition) is 1. The molecule has 1 amide bonds. The highest BCUT2D eigenvalue weighted by atomic mass is 32.2. The van der Waals surface area contributed by atoms with E-state index in [0.29, 0.717) is 6.42 Å². The average Bonchev–Trinajstić information content (AvgIpc) is 2.46. The number of benzene rings is 2. The largest absolute Gasteiger partial charge is 0.366 e. The SMILES string of the molecule is NC(=O)c1ccc(S(=O)(=O)[CH]Cc2ccccc2)cc1. The van der Waals surface area contributed by atoms with E-state index in [1.54, 1.807) is 0 Å². The first kappa shape index (κ1) is 14.3. The van der Waals surface area contributed by atoms with Crippen molar-refractivity contribution < 1.29 is 13.2 Å². The fourth-order valence-electron chi connectivity index (χ4n) is 1.73. The maximum absolute atomic E-state index is 12.1. The molecule has 0 bridgehead atoms. The fraction of sp³-hybridized carbons (Fsp3) is 0.0667. The predicted molar refractivity (Wildman–Crippen MR) is 76.6 cm³/mol. The lowest BCUT2D eigenvalue weighted by Gasteiger charge is -2.05. The Morgan fingerprint density at radius 3 is 2.15 bits per heavy atom. The van der Waals surface area contributed by atoms with Gasteiger partial charge in [0.05, 0.1) is 10.6 Å². The summed E-state index contributed by atoms with van der Waals surface area (Å²) in [5.41, 5.74) is 6.32. The van der Waals surface area contributed by atoms with Crippen LogP contribution in [-0.2, 0) is 16.3 Å². The number of amides is 1. The zero-order valence-corrected chi connectivity index (χ0v) is 11.5. The van der Waals surface area contributed by atoms with Crippen LogP contribution in [0.15, 0.2) is 59.5 Å². The molecule has 0 aliphatic carbocycles. The molecule has 0 aliphatic heterocycles. The Morgan fingerprint density at radius 1 is 1.00 bits per heavy atom. The first-order chi connectivity index (χ1) is 9.49. The van der Waals surface area contributed by atoms with E-state index in [-0.39, 0.29) is 10.5 Å². The van der Waals surface area contributed by atoms with Crippen LogP contribution in [0.4, 0.5) is 0 Å². The normalized spacial score (nSPS) is 11.2. The van der Waals surface area contributed by atoms with Crippen LogP contribution in [0, 0.1) is 5.75 Å². The molecule has 0 aliphatic rings. The third-order valence-corrected chi connectivity index (χ3v) is 4.38. The second-order valence-electron chi connectivity index (χ2n) is 4.29. The van der Waals surface area contributed by atoms with E-state index in [9.17, 15) is 13.2 Å². The number of nitrogens with two attached hydrogens (primary N) is 1. The molecule has 4 nitrogen and oxygen atoms in total. The van der Waals surface area contributed by atoms with Gasteiger partial charge in [-0.15, -0.1) is 0 Å². The van der Waals surface area contributed by atoms with E-state index in [0.717, 1.165) is 5.56 Å². The molecule has 0 saturated carbocycles. The summed E-state index contributed by atoms with van der Waals surface area (Å²) >= 11 is 0. The molecule has 1 radical (unpaired) electrons. The Morgan fingerprint density at radius 2 is 1.60 bits per heavy atom. The van der Waals surface area contributed by atoms with E-state index < -0.39 is 15.7 Å². The van der Waals surface area contributed by atoms with Gasteiger partial charge in [0, 0.05) is 5.56 Å². The molecule has 0 heterocycles. The van der Waals surface area contributed by atoms with Crippen molar-refractivity contribution >= 4 is 15.7 Å². The molecule has 0 saturated heterocycles. The lowest BCUT2D eigenvalue weighted by Crippen LogP contribution is -2.11. The second-order valence-corrected chi connectivity index (χ2v) is 6.18. The van der Waals surface area contributed by atoms with E-state index in [1.165, 1.54) is 30.0 Å². The predicted octanol–water partition coefficient (Wildman–Crippen LogP) is 1.96. The van der Waals surface area contributed by atoms with Gasteiger partial charge < -0.3 is 5.73 Å². The quantitative estimate of drug-likeness (QED) is 0.913. The Labute approximate surface area is 118 Å². The summed E-state index contributed by atoms with van der Waals surface area (Å²) in [6.07, 6.45) is 0.334. The van der Waals surface area contributed by atoms with Gasteiger partial charge >= 0.3 is 0 Å². The van der Waals surface area contributed by atoms with Gasteiger partial charge in [0.1, 0.15) is 0 Å². The third-order valence-electron chi connectivity index (χ3n) is 2.85. The first-order valence-corrected chi connectivity index (χ1v) is 7.56. The fourth-order valence-corrected chi connectivity index (χ4v) is 2.84. The van der Waals surface area contributed by atoms with Crippen LogP contribution in [-0.4, -0.2) is 14.3 Å². The lowest BCUT2D eigenvalue weighted by molar-refractivity contribution is 0.1000. The van der Waals surface area contributed by atoms with Crippen molar-refractivity contribution in [2.75, 3.05) is 0 Å². The highest BCUT2D eigenvalue weighted by Crippen LogP contribution is 2.17. The highest BCUT2D eigenvalue weighted by molar-refractivity contribution is 7.93. The molecule has 0 aromatic heterocycles.